The topological polar surface area (TPSA) is 130 Å². The number of amides is 1. The van der Waals surface area contributed by atoms with Crippen LogP contribution < -0.4 is 5.32 Å². The Morgan fingerprint density at radius 1 is 1.38 bits per heavy atom. The van der Waals surface area contributed by atoms with Gasteiger partial charge in [0.25, 0.3) is 0 Å². The number of allylic oxidation sites excluding steroid dienone is 1. The van der Waals surface area contributed by atoms with Crippen molar-refractivity contribution in [2.75, 3.05) is 5.32 Å². The lowest BCUT2D eigenvalue weighted by atomic mass is 10.1. The molecule has 3 rings (SSSR count). The average molecular weight is 327 g/mol. The Hall–Kier alpha value is -3.49. The number of carboxylic acids is 1. The van der Waals surface area contributed by atoms with Gasteiger partial charge in [-0.15, -0.1) is 5.10 Å². The molecule has 2 aromatic rings. The van der Waals surface area contributed by atoms with Crippen molar-refractivity contribution in [2.24, 2.45) is 4.99 Å². The number of carboxylic acid groups (broad SMARTS) is 1. The van der Waals surface area contributed by atoms with Crippen molar-refractivity contribution in [3.05, 3.63) is 35.4 Å². The molecule has 3 N–H and O–H groups in total. The van der Waals surface area contributed by atoms with Gasteiger partial charge in [0.15, 0.2) is 11.7 Å². The molecule has 1 aromatic heterocycles. The number of benzene rings is 1. The van der Waals surface area contributed by atoms with Crippen LogP contribution in [0.25, 0.3) is 5.57 Å². The van der Waals surface area contributed by atoms with Crippen molar-refractivity contribution in [1.29, 1.82) is 0 Å². The van der Waals surface area contributed by atoms with Gasteiger partial charge >= 0.3 is 5.97 Å². The molecular weight excluding hydrogens is 314 g/mol. The standard InChI is InChI=1S/C15H13N5O4/c1-7-12(15(23)24)14(20-13(7)17-8(2)19-20)18-10-4-3-9(22)5-11(10)16-6-21/h3-6,22H,1-2H3,(H,16,21)(H,23,24)/b18-14+. The third kappa shape index (κ3) is 2.41. The Balaban J connectivity index is 2.22. The van der Waals surface area contributed by atoms with Crippen LogP contribution in [0.15, 0.2) is 28.8 Å². The molecule has 1 aromatic carbocycles. The minimum atomic E-state index is -1.15. The van der Waals surface area contributed by atoms with Crippen LogP contribution in [0.1, 0.15) is 18.6 Å². The number of nitrogens with one attached hydrogen (secondary N) is 1. The summed E-state index contributed by atoms with van der Waals surface area (Å²) < 4.78 is 1.35. The lowest BCUT2D eigenvalue weighted by molar-refractivity contribution is -0.132. The van der Waals surface area contributed by atoms with E-state index >= 15 is 0 Å². The predicted octanol–water partition coefficient (Wildman–Crippen LogP) is 1.31. The van der Waals surface area contributed by atoms with E-state index in [-0.39, 0.29) is 28.5 Å². The highest BCUT2D eigenvalue weighted by molar-refractivity contribution is 6.27. The van der Waals surface area contributed by atoms with Crippen LogP contribution in [0, 0.1) is 6.92 Å². The summed E-state index contributed by atoms with van der Waals surface area (Å²) in [5.74, 6) is -0.224. The van der Waals surface area contributed by atoms with Crippen LogP contribution in [0.3, 0.4) is 0 Å². The highest BCUT2D eigenvalue weighted by Crippen LogP contribution is 2.32. The van der Waals surface area contributed by atoms with E-state index in [1.807, 2.05) is 0 Å². The number of phenols is 1. The molecule has 9 heteroatoms. The lowest BCUT2D eigenvalue weighted by Gasteiger charge is -2.07. The first-order valence-corrected chi connectivity index (χ1v) is 6.93. The highest BCUT2D eigenvalue weighted by atomic mass is 16.4. The summed E-state index contributed by atoms with van der Waals surface area (Å²) in [5.41, 5.74) is 0.952. The zero-order valence-corrected chi connectivity index (χ0v) is 12.8. The van der Waals surface area contributed by atoms with Crippen LogP contribution in [0.5, 0.6) is 5.75 Å². The van der Waals surface area contributed by atoms with Crippen LogP contribution in [-0.4, -0.2) is 43.2 Å². The summed E-state index contributed by atoms with van der Waals surface area (Å²) in [6.07, 6.45) is 0.442. The molecule has 24 heavy (non-hydrogen) atoms. The molecule has 0 aliphatic carbocycles. The normalized spacial score (nSPS) is 14.8. The highest BCUT2D eigenvalue weighted by Gasteiger charge is 2.33. The number of rotatable bonds is 4. The molecule has 0 spiro atoms. The number of aryl methyl sites for hydroxylation is 1. The van der Waals surface area contributed by atoms with E-state index < -0.39 is 5.97 Å². The number of hydrogen-bond donors (Lipinski definition) is 3. The van der Waals surface area contributed by atoms with Gasteiger partial charge in [0.05, 0.1) is 11.4 Å². The Morgan fingerprint density at radius 2 is 2.12 bits per heavy atom. The van der Waals surface area contributed by atoms with Crippen LogP contribution in [-0.2, 0) is 9.59 Å². The number of anilines is 1. The molecule has 122 valence electrons. The molecule has 0 radical (unpaired) electrons. The largest absolute Gasteiger partial charge is 0.508 e. The van der Waals surface area contributed by atoms with Gasteiger partial charge in [0.2, 0.25) is 6.41 Å². The summed E-state index contributed by atoms with van der Waals surface area (Å²) in [4.78, 5) is 30.9. The monoisotopic (exact) mass is 327 g/mol. The second kappa shape index (κ2) is 5.61. The molecule has 0 saturated heterocycles. The van der Waals surface area contributed by atoms with Crippen molar-refractivity contribution in [2.45, 2.75) is 13.8 Å². The summed E-state index contributed by atoms with van der Waals surface area (Å²) >= 11 is 0. The van der Waals surface area contributed by atoms with E-state index in [1.54, 1.807) is 13.8 Å². The first kappa shape index (κ1) is 15.4. The summed E-state index contributed by atoms with van der Waals surface area (Å²) in [6.45, 7) is 3.32. The van der Waals surface area contributed by atoms with E-state index in [4.69, 9.17) is 0 Å². The van der Waals surface area contributed by atoms with E-state index in [0.29, 0.717) is 23.6 Å². The molecular formula is C15H13N5O4. The van der Waals surface area contributed by atoms with Gasteiger partial charge in [-0.05, 0) is 26.0 Å². The molecule has 2 heterocycles. The fourth-order valence-electron chi connectivity index (χ4n) is 2.46. The SMILES string of the molecule is CC1=C(C(=O)O)/C(=N\c2ccc(O)cc2NC=O)n2nc(C)nc21. The number of fused-ring (bicyclic) bond motifs is 1. The smallest absolute Gasteiger partial charge is 0.339 e. The number of nitrogens with zero attached hydrogens (tertiary/aromatic N) is 4. The Morgan fingerprint density at radius 3 is 2.79 bits per heavy atom. The fraction of sp³-hybridized carbons (Fsp3) is 0.133. The van der Waals surface area contributed by atoms with E-state index in [9.17, 15) is 19.8 Å². The molecule has 0 bridgehead atoms. The minimum absolute atomic E-state index is 0.0184. The van der Waals surface area contributed by atoms with Crippen LogP contribution in [0.2, 0.25) is 0 Å². The Labute approximate surface area is 136 Å². The molecule has 1 aliphatic heterocycles. The molecule has 0 saturated carbocycles. The van der Waals surface area contributed by atoms with Crippen LogP contribution in [0.4, 0.5) is 11.4 Å². The second-order valence-electron chi connectivity index (χ2n) is 5.10. The third-order valence-corrected chi connectivity index (χ3v) is 3.48. The number of phenolic OH excluding ortho intramolecular Hbond substituents is 1. The van der Waals surface area contributed by atoms with Gasteiger partial charge in [0, 0.05) is 11.6 Å². The second-order valence-corrected chi connectivity index (χ2v) is 5.10. The molecule has 1 amide bonds. The number of aliphatic carboxylic acids is 1. The summed E-state index contributed by atoms with van der Waals surface area (Å²) in [6, 6.07) is 4.16. The minimum Gasteiger partial charge on any atom is -0.508 e. The average Bonchev–Trinajstić information content (AvgIpc) is 3.00. The zero-order valence-electron chi connectivity index (χ0n) is 12.8. The number of aliphatic imine (C=N–C) groups is 1. The predicted molar refractivity (Wildman–Crippen MR) is 85.3 cm³/mol. The van der Waals surface area contributed by atoms with E-state index in [1.165, 1.54) is 22.9 Å². The summed E-state index contributed by atoms with van der Waals surface area (Å²) in [7, 11) is 0. The molecule has 1 aliphatic rings. The third-order valence-electron chi connectivity index (χ3n) is 3.48. The van der Waals surface area contributed by atoms with E-state index in [0.717, 1.165) is 0 Å². The maximum absolute atomic E-state index is 11.6. The van der Waals surface area contributed by atoms with Gasteiger partial charge in [-0.3, -0.25) is 4.79 Å². The van der Waals surface area contributed by atoms with Crippen molar-refractivity contribution < 1.29 is 19.8 Å². The van der Waals surface area contributed by atoms with Gasteiger partial charge in [-0.25, -0.2) is 14.8 Å². The quantitative estimate of drug-likeness (QED) is 0.726. The zero-order chi connectivity index (χ0) is 17.4. The fourth-order valence-corrected chi connectivity index (χ4v) is 2.46. The van der Waals surface area contributed by atoms with Crippen molar-refractivity contribution >= 4 is 35.2 Å². The maximum atomic E-state index is 11.6. The lowest BCUT2D eigenvalue weighted by Crippen LogP contribution is -2.17. The molecule has 0 unspecified atom stereocenters. The number of carbonyl (C=O) groups excluding carboxylic acids is 1. The van der Waals surface area contributed by atoms with E-state index in [2.05, 4.69) is 20.4 Å². The number of hydrogen-bond acceptors (Lipinski definition) is 6. The molecule has 0 atom stereocenters. The van der Waals surface area contributed by atoms with Gasteiger partial charge in [0.1, 0.15) is 17.1 Å². The van der Waals surface area contributed by atoms with Crippen molar-refractivity contribution in [3.8, 4) is 5.75 Å². The van der Waals surface area contributed by atoms with Crippen LogP contribution >= 0.6 is 0 Å². The van der Waals surface area contributed by atoms with Gasteiger partial charge < -0.3 is 15.5 Å². The Kier molecular flexibility index (Phi) is 3.60. The van der Waals surface area contributed by atoms with Crippen molar-refractivity contribution in [1.82, 2.24) is 14.8 Å². The molecule has 9 nitrogen and oxygen atoms in total. The van der Waals surface area contributed by atoms with Crippen molar-refractivity contribution in [3.63, 3.8) is 0 Å². The first-order valence-electron chi connectivity index (χ1n) is 6.93. The number of carbonyl (C=O) groups is 2. The van der Waals surface area contributed by atoms with Gasteiger partial charge in [-0.2, -0.15) is 4.68 Å². The summed E-state index contributed by atoms with van der Waals surface area (Å²) in [5, 5.41) is 25.6. The first-order chi connectivity index (χ1) is 11.4. The number of aromatic nitrogens is 3. The molecule has 0 fully saturated rings. The van der Waals surface area contributed by atoms with Gasteiger partial charge in [-0.1, -0.05) is 0 Å². The Bertz CT molecular complexity index is 926. The maximum Gasteiger partial charge on any atom is 0.339 e. The number of aromatic hydroxyl groups is 1.